The molecule has 4 rings (SSSR count). The molecule has 0 radical (unpaired) electrons. The Kier molecular flexibility index (Phi) is 8.47. The third-order valence-electron chi connectivity index (χ3n) is 7.04. The van der Waals surface area contributed by atoms with E-state index in [0.29, 0.717) is 29.9 Å². The smallest absolute Gasteiger partial charge is 0.337 e. The number of ether oxygens (including phenoxy) is 2. The maximum atomic E-state index is 13.8. The summed E-state index contributed by atoms with van der Waals surface area (Å²) in [5, 5.41) is 23.8. The zero-order valence-electron chi connectivity index (χ0n) is 22.3. The fourth-order valence-corrected chi connectivity index (χ4v) is 5.27. The number of non-ortho nitro benzene ring substituents is 1. The lowest BCUT2D eigenvalue weighted by Gasteiger charge is -2.33. The molecule has 2 heterocycles. The van der Waals surface area contributed by atoms with Crippen LogP contribution >= 0.6 is 0 Å². The summed E-state index contributed by atoms with van der Waals surface area (Å²) in [5.74, 6) is -2.31. The van der Waals surface area contributed by atoms with Crippen molar-refractivity contribution in [3.63, 3.8) is 0 Å². The number of nitro benzene ring substituents is 1. The molecule has 0 amide bonds. The van der Waals surface area contributed by atoms with Crippen LogP contribution in [0.1, 0.15) is 44.2 Å². The summed E-state index contributed by atoms with van der Waals surface area (Å²) in [7, 11) is 0. The average Bonchev–Trinajstić information content (AvgIpc) is 3.26. The summed E-state index contributed by atoms with van der Waals surface area (Å²) >= 11 is 0. The topological polar surface area (TPSA) is 131 Å². The number of esters is 2. The number of benzene rings is 2. The molecule has 2 N–H and O–H groups in total. The van der Waals surface area contributed by atoms with Gasteiger partial charge in [-0.15, -0.1) is 0 Å². The van der Waals surface area contributed by atoms with Gasteiger partial charge in [-0.2, -0.15) is 0 Å². The van der Waals surface area contributed by atoms with Crippen molar-refractivity contribution in [3.8, 4) is 0 Å². The Hall–Kier alpha value is -4.02. The summed E-state index contributed by atoms with van der Waals surface area (Å²) < 4.78 is 11.3. The minimum absolute atomic E-state index is 0.128. The van der Waals surface area contributed by atoms with Gasteiger partial charge in [-0.05, 0) is 31.9 Å². The number of likely N-dealkylation sites (tertiary alicyclic amines) is 1. The number of nitrogens with one attached hydrogen (secondary N) is 1. The van der Waals surface area contributed by atoms with Gasteiger partial charge < -0.3 is 19.9 Å². The molecule has 0 spiro atoms. The third kappa shape index (κ3) is 6.35. The van der Waals surface area contributed by atoms with E-state index in [4.69, 9.17) is 9.47 Å². The molecule has 2 atom stereocenters. The van der Waals surface area contributed by atoms with Gasteiger partial charge in [-0.25, -0.2) is 9.59 Å². The molecule has 2 aliphatic rings. The summed E-state index contributed by atoms with van der Waals surface area (Å²) in [6, 6.07) is 15.9. The molecular weight excluding hydrogens is 502 g/mol. The Bertz CT molecular complexity index is 1320. The number of hydrogen-bond donors (Lipinski definition) is 2. The second kappa shape index (κ2) is 11.8. The van der Waals surface area contributed by atoms with E-state index in [2.05, 4.69) is 22.3 Å². The molecule has 1 saturated heterocycles. The van der Waals surface area contributed by atoms with Crippen molar-refractivity contribution in [1.29, 1.82) is 0 Å². The molecule has 1 fully saturated rings. The van der Waals surface area contributed by atoms with Gasteiger partial charge in [-0.3, -0.25) is 15.0 Å². The lowest BCUT2D eigenvalue weighted by Crippen LogP contribution is -2.39. The fourth-order valence-electron chi connectivity index (χ4n) is 5.27. The van der Waals surface area contributed by atoms with Crippen LogP contribution in [-0.2, 0) is 25.6 Å². The molecule has 0 aromatic heterocycles. The van der Waals surface area contributed by atoms with Crippen LogP contribution in [0.15, 0.2) is 77.1 Å². The van der Waals surface area contributed by atoms with Gasteiger partial charge in [0.25, 0.3) is 5.69 Å². The Labute approximate surface area is 227 Å². The van der Waals surface area contributed by atoms with Crippen LogP contribution in [0.3, 0.4) is 0 Å². The number of carbonyl (C=O) groups is 2. The van der Waals surface area contributed by atoms with Gasteiger partial charge in [0, 0.05) is 49.6 Å². The van der Waals surface area contributed by atoms with Gasteiger partial charge in [0.15, 0.2) is 0 Å². The number of aliphatic hydroxyl groups is 1. The molecule has 0 unspecified atom stereocenters. The SMILES string of the molecule is CC1=C(C(=O)OCCO)[C@@H](c2cccc([N+](=O)[O-])c2)C(C(=O)O[C@@]2(C)CCN(Cc3ccccc3)C2)=C(C)N1. The summed E-state index contributed by atoms with van der Waals surface area (Å²) in [6.07, 6.45) is 0.632. The first kappa shape index (κ1) is 28.0. The zero-order valence-corrected chi connectivity index (χ0v) is 22.3. The lowest BCUT2D eigenvalue weighted by atomic mass is 9.80. The van der Waals surface area contributed by atoms with E-state index >= 15 is 0 Å². The predicted molar refractivity (Wildman–Crippen MR) is 143 cm³/mol. The third-order valence-corrected chi connectivity index (χ3v) is 7.04. The molecule has 39 heavy (non-hydrogen) atoms. The van der Waals surface area contributed by atoms with Crippen LogP contribution in [0.5, 0.6) is 0 Å². The number of nitrogens with zero attached hydrogens (tertiary/aromatic N) is 2. The van der Waals surface area contributed by atoms with E-state index in [0.717, 1.165) is 13.1 Å². The Morgan fingerprint density at radius 3 is 2.46 bits per heavy atom. The van der Waals surface area contributed by atoms with E-state index < -0.39 is 28.4 Å². The number of aliphatic hydroxyl groups excluding tert-OH is 1. The van der Waals surface area contributed by atoms with Crippen LogP contribution in [0.2, 0.25) is 0 Å². The minimum Gasteiger partial charge on any atom is -0.460 e. The van der Waals surface area contributed by atoms with E-state index in [1.54, 1.807) is 19.9 Å². The highest BCUT2D eigenvalue weighted by atomic mass is 16.6. The molecule has 0 aliphatic carbocycles. The molecule has 2 aromatic rings. The highest BCUT2D eigenvalue weighted by Gasteiger charge is 2.43. The van der Waals surface area contributed by atoms with E-state index in [1.807, 2.05) is 25.1 Å². The standard InChI is InChI=1S/C29H33N3O7/c1-19-24(27(34)38-15-14-33)26(22-10-7-11-23(16-22)32(36)37)25(20(2)30-19)28(35)39-29(3)12-13-31(18-29)17-21-8-5-4-6-9-21/h4-11,16,26,30,33H,12-15,17-18H2,1-3H3/t26-,29+/m1/s1. The highest BCUT2D eigenvalue weighted by molar-refractivity contribution is 6.00. The maximum Gasteiger partial charge on any atom is 0.337 e. The maximum absolute atomic E-state index is 13.8. The summed E-state index contributed by atoms with van der Waals surface area (Å²) in [6.45, 7) is 6.70. The number of carbonyl (C=O) groups excluding carboxylic acids is 2. The van der Waals surface area contributed by atoms with Crippen LogP contribution in [0.25, 0.3) is 0 Å². The molecule has 10 heteroatoms. The monoisotopic (exact) mass is 535 g/mol. The molecule has 206 valence electrons. The van der Waals surface area contributed by atoms with Gasteiger partial charge >= 0.3 is 11.9 Å². The van der Waals surface area contributed by atoms with E-state index in [-0.39, 0.29) is 30.0 Å². The molecule has 0 saturated carbocycles. The van der Waals surface area contributed by atoms with Crippen LogP contribution in [-0.4, -0.2) is 58.8 Å². The van der Waals surface area contributed by atoms with Gasteiger partial charge in [0.2, 0.25) is 0 Å². The number of allylic oxidation sites excluding steroid dienone is 2. The van der Waals surface area contributed by atoms with E-state index in [9.17, 15) is 24.8 Å². The van der Waals surface area contributed by atoms with Crippen molar-refractivity contribution in [2.45, 2.75) is 45.3 Å². The van der Waals surface area contributed by atoms with Crippen molar-refractivity contribution in [1.82, 2.24) is 10.2 Å². The molecule has 2 aliphatic heterocycles. The second-order valence-corrected chi connectivity index (χ2v) is 10.1. The fraction of sp³-hybridized carbons (Fsp3) is 0.379. The predicted octanol–water partition coefficient (Wildman–Crippen LogP) is 3.57. The summed E-state index contributed by atoms with van der Waals surface area (Å²) in [5.41, 5.74) is 1.86. The van der Waals surface area contributed by atoms with Gasteiger partial charge in [0.1, 0.15) is 12.2 Å². The first-order chi connectivity index (χ1) is 18.6. The Morgan fingerprint density at radius 2 is 1.79 bits per heavy atom. The highest BCUT2D eigenvalue weighted by Crippen LogP contribution is 2.41. The van der Waals surface area contributed by atoms with Crippen molar-refractivity contribution < 1.29 is 29.1 Å². The summed E-state index contributed by atoms with van der Waals surface area (Å²) in [4.78, 5) is 40.2. The zero-order chi connectivity index (χ0) is 28.2. The normalized spacial score (nSPS) is 21.5. The van der Waals surface area contributed by atoms with E-state index in [1.165, 1.54) is 23.8 Å². The number of rotatable bonds is 9. The quantitative estimate of drug-likeness (QED) is 0.281. The Balaban J connectivity index is 1.64. The number of nitro groups is 1. The van der Waals surface area contributed by atoms with Crippen LogP contribution in [0, 0.1) is 10.1 Å². The van der Waals surface area contributed by atoms with Gasteiger partial charge in [0.05, 0.1) is 28.6 Å². The van der Waals surface area contributed by atoms with Crippen molar-refractivity contribution in [2.75, 3.05) is 26.3 Å². The van der Waals surface area contributed by atoms with Crippen LogP contribution in [0.4, 0.5) is 5.69 Å². The lowest BCUT2D eigenvalue weighted by molar-refractivity contribution is -0.384. The van der Waals surface area contributed by atoms with Crippen molar-refractivity contribution in [3.05, 3.63) is 98.4 Å². The first-order valence-corrected chi connectivity index (χ1v) is 12.8. The second-order valence-electron chi connectivity index (χ2n) is 10.1. The minimum atomic E-state index is -0.963. The van der Waals surface area contributed by atoms with Crippen LogP contribution < -0.4 is 5.32 Å². The largest absolute Gasteiger partial charge is 0.460 e. The Morgan fingerprint density at radius 1 is 1.10 bits per heavy atom. The molecule has 0 bridgehead atoms. The van der Waals surface area contributed by atoms with Crippen molar-refractivity contribution >= 4 is 17.6 Å². The number of dihydropyridines is 1. The average molecular weight is 536 g/mol. The molecule has 10 nitrogen and oxygen atoms in total. The first-order valence-electron chi connectivity index (χ1n) is 12.8. The van der Waals surface area contributed by atoms with Gasteiger partial charge in [-0.1, -0.05) is 42.5 Å². The molecule has 2 aromatic carbocycles. The van der Waals surface area contributed by atoms with Crippen molar-refractivity contribution in [2.24, 2.45) is 0 Å². The molecular formula is C29H33N3O7. The number of hydrogen-bond acceptors (Lipinski definition) is 9.